The molecule has 2 aromatic rings. The number of carbonyl (C=O) groups excluding carboxylic acids is 1. The molecule has 2 N–H and O–H groups in total. The lowest BCUT2D eigenvalue weighted by Crippen LogP contribution is -2.16. The summed E-state index contributed by atoms with van der Waals surface area (Å²) in [6, 6.07) is 18.0. The molecule has 0 saturated heterocycles. The van der Waals surface area contributed by atoms with Crippen molar-refractivity contribution in [3.05, 3.63) is 60.2 Å². The highest BCUT2D eigenvalue weighted by Crippen LogP contribution is 2.18. The van der Waals surface area contributed by atoms with Gasteiger partial charge in [-0.3, -0.25) is 9.59 Å². The van der Waals surface area contributed by atoms with Crippen molar-refractivity contribution < 1.29 is 14.7 Å². The third kappa shape index (κ3) is 6.99. The second-order valence-corrected chi connectivity index (χ2v) is 5.74. The molecule has 0 radical (unpaired) electrons. The molecule has 5 heteroatoms. The number of hydrogen-bond donors (Lipinski definition) is 2. The van der Waals surface area contributed by atoms with Gasteiger partial charge < -0.3 is 5.11 Å². The summed E-state index contributed by atoms with van der Waals surface area (Å²) in [5.41, 5.74) is 5.68. The molecule has 5 nitrogen and oxygen atoms in total. The normalized spacial score (nSPS) is 10.7. The molecular formula is C20H22N2O3. The number of carboxylic acids is 1. The number of hydrazone groups is 1. The van der Waals surface area contributed by atoms with Crippen LogP contribution in [0.3, 0.4) is 0 Å². The second-order valence-electron chi connectivity index (χ2n) is 5.74. The smallest absolute Gasteiger partial charge is 0.303 e. The van der Waals surface area contributed by atoms with E-state index in [9.17, 15) is 9.59 Å². The number of amides is 1. The maximum atomic E-state index is 11.6. The number of nitrogens with one attached hydrogen (secondary N) is 1. The van der Waals surface area contributed by atoms with Crippen molar-refractivity contribution in [2.75, 3.05) is 0 Å². The Morgan fingerprint density at radius 2 is 1.52 bits per heavy atom. The zero-order chi connectivity index (χ0) is 17.9. The van der Waals surface area contributed by atoms with Crippen LogP contribution in [-0.2, 0) is 9.59 Å². The number of carboxylic acid groups (broad SMARTS) is 1. The molecule has 0 aliphatic heterocycles. The van der Waals surface area contributed by atoms with E-state index in [2.05, 4.69) is 22.7 Å². The van der Waals surface area contributed by atoms with Gasteiger partial charge in [0.25, 0.3) is 0 Å². The first kappa shape index (κ1) is 18.4. The Balaban J connectivity index is 1.72. The summed E-state index contributed by atoms with van der Waals surface area (Å²) in [7, 11) is 0. The minimum atomic E-state index is -0.799. The van der Waals surface area contributed by atoms with Gasteiger partial charge in [0.2, 0.25) is 5.91 Å². The van der Waals surface area contributed by atoms with E-state index in [0.29, 0.717) is 19.3 Å². The molecule has 0 saturated carbocycles. The fraction of sp³-hybridized carbons (Fsp3) is 0.250. The molecule has 0 fully saturated rings. The molecule has 130 valence electrons. The first-order valence-corrected chi connectivity index (χ1v) is 8.34. The Bertz CT molecular complexity index is 709. The van der Waals surface area contributed by atoms with E-state index in [0.717, 1.165) is 23.1 Å². The highest BCUT2D eigenvalue weighted by molar-refractivity contribution is 5.83. The van der Waals surface area contributed by atoms with Gasteiger partial charge in [0.15, 0.2) is 0 Å². The van der Waals surface area contributed by atoms with Crippen molar-refractivity contribution in [1.29, 1.82) is 0 Å². The Hall–Kier alpha value is -2.95. The summed E-state index contributed by atoms with van der Waals surface area (Å²) < 4.78 is 0. The molecule has 0 heterocycles. The predicted molar refractivity (Wildman–Crippen MR) is 98.3 cm³/mol. The molecule has 0 bridgehead atoms. The lowest BCUT2D eigenvalue weighted by molar-refractivity contribution is -0.137. The van der Waals surface area contributed by atoms with Gasteiger partial charge >= 0.3 is 5.97 Å². The summed E-state index contributed by atoms with van der Waals surface area (Å²) in [6.45, 7) is 0. The Morgan fingerprint density at radius 1 is 0.880 bits per heavy atom. The van der Waals surface area contributed by atoms with Crippen LogP contribution in [0.15, 0.2) is 59.7 Å². The quantitative estimate of drug-likeness (QED) is 0.414. The summed E-state index contributed by atoms with van der Waals surface area (Å²) in [4.78, 5) is 22.0. The van der Waals surface area contributed by atoms with Crippen LogP contribution in [0.25, 0.3) is 11.1 Å². The molecule has 0 aromatic heterocycles. The fourth-order valence-electron chi connectivity index (χ4n) is 2.37. The first-order chi connectivity index (χ1) is 12.1. The summed E-state index contributed by atoms with van der Waals surface area (Å²) in [5, 5.41) is 12.5. The number of hydrogen-bond acceptors (Lipinski definition) is 3. The predicted octanol–water partition coefficient (Wildman–Crippen LogP) is 3.84. The summed E-state index contributed by atoms with van der Waals surface area (Å²) in [5.74, 6) is -0.959. The molecular weight excluding hydrogens is 316 g/mol. The van der Waals surface area contributed by atoms with E-state index >= 15 is 0 Å². The van der Waals surface area contributed by atoms with Crippen LogP contribution in [0.5, 0.6) is 0 Å². The van der Waals surface area contributed by atoms with E-state index in [1.807, 2.05) is 42.5 Å². The van der Waals surface area contributed by atoms with Crippen LogP contribution in [0, 0.1) is 0 Å². The number of unbranched alkanes of at least 4 members (excludes halogenated alkanes) is 2. The second kappa shape index (κ2) is 10.0. The maximum Gasteiger partial charge on any atom is 0.303 e. The molecule has 0 atom stereocenters. The van der Waals surface area contributed by atoms with Gasteiger partial charge in [0.1, 0.15) is 0 Å². The molecule has 0 aliphatic carbocycles. The number of aliphatic carboxylic acids is 1. The zero-order valence-electron chi connectivity index (χ0n) is 14.0. The molecule has 0 aliphatic rings. The third-order valence-electron chi connectivity index (χ3n) is 3.72. The molecule has 25 heavy (non-hydrogen) atoms. The van der Waals surface area contributed by atoms with Crippen LogP contribution < -0.4 is 5.43 Å². The Morgan fingerprint density at radius 3 is 2.20 bits per heavy atom. The maximum absolute atomic E-state index is 11.6. The van der Waals surface area contributed by atoms with E-state index in [1.165, 1.54) is 0 Å². The molecule has 2 rings (SSSR count). The van der Waals surface area contributed by atoms with Crippen LogP contribution in [0.1, 0.15) is 37.7 Å². The third-order valence-corrected chi connectivity index (χ3v) is 3.72. The van der Waals surface area contributed by atoms with Crippen LogP contribution in [0.4, 0.5) is 0 Å². The van der Waals surface area contributed by atoms with Gasteiger partial charge in [-0.2, -0.15) is 5.10 Å². The SMILES string of the molecule is O=C(O)CCCCCC(=O)N/N=C/c1ccc(-c2ccccc2)cc1. The number of carbonyl (C=O) groups is 2. The molecule has 0 spiro atoms. The molecule has 2 aromatic carbocycles. The van der Waals surface area contributed by atoms with Crippen molar-refractivity contribution in [2.24, 2.45) is 5.10 Å². The van der Waals surface area contributed by atoms with Crippen molar-refractivity contribution in [1.82, 2.24) is 5.43 Å². The van der Waals surface area contributed by atoms with Gasteiger partial charge in [0, 0.05) is 12.8 Å². The largest absolute Gasteiger partial charge is 0.481 e. The highest BCUT2D eigenvalue weighted by Gasteiger charge is 2.01. The number of nitrogens with zero attached hydrogens (tertiary/aromatic N) is 1. The van der Waals surface area contributed by atoms with Crippen molar-refractivity contribution in [3.63, 3.8) is 0 Å². The highest BCUT2D eigenvalue weighted by atomic mass is 16.4. The average Bonchev–Trinajstić information content (AvgIpc) is 2.62. The minimum Gasteiger partial charge on any atom is -0.481 e. The monoisotopic (exact) mass is 338 g/mol. The molecule has 0 unspecified atom stereocenters. The summed E-state index contributed by atoms with van der Waals surface area (Å²) >= 11 is 0. The average molecular weight is 338 g/mol. The van der Waals surface area contributed by atoms with Gasteiger partial charge in [-0.05, 0) is 29.5 Å². The standard InChI is InChI=1S/C20H22N2O3/c23-19(9-5-2-6-10-20(24)25)22-21-15-16-11-13-18(14-12-16)17-7-3-1-4-8-17/h1,3-4,7-8,11-15H,2,5-6,9-10H2,(H,22,23)(H,24,25)/b21-15+. The lowest BCUT2D eigenvalue weighted by atomic mass is 10.0. The van der Waals surface area contributed by atoms with Crippen LogP contribution >= 0.6 is 0 Å². The van der Waals surface area contributed by atoms with E-state index in [-0.39, 0.29) is 12.3 Å². The summed E-state index contributed by atoms with van der Waals surface area (Å²) in [6.07, 6.45) is 4.10. The lowest BCUT2D eigenvalue weighted by Gasteiger charge is -2.02. The van der Waals surface area contributed by atoms with Gasteiger partial charge in [-0.25, -0.2) is 5.43 Å². The topological polar surface area (TPSA) is 78.8 Å². The number of rotatable bonds is 9. The fourth-order valence-corrected chi connectivity index (χ4v) is 2.37. The van der Waals surface area contributed by atoms with Crippen molar-refractivity contribution in [2.45, 2.75) is 32.1 Å². The van der Waals surface area contributed by atoms with Crippen molar-refractivity contribution in [3.8, 4) is 11.1 Å². The van der Waals surface area contributed by atoms with Crippen LogP contribution in [0.2, 0.25) is 0 Å². The van der Waals surface area contributed by atoms with Crippen molar-refractivity contribution >= 4 is 18.1 Å². The van der Waals surface area contributed by atoms with E-state index in [1.54, 1.807) is 6.21 Å². The van der Waals surface area contributed by atoms with Crippen LogP contribution in [-0.4, -0.2) is 23.2 Å². The zero-order valence-corrected chi connectivity index (χ0v) is 14.0. The van der Waals surface area contributed by atoms with E-state index < -0.39 is 5.97 Å². The Labute approximate surface area is 147 Å². The number of benzene rings is 2. The van der Waals surface area contributed by atoms with Gasteiger partial charge in [-0.15, -0.1) is 0 Å². The van der Waals surface area contributed by atoms with Gasteiger partial charge in [0.05, 0.1) is 6.21 Å². The van der Waals surface area contributed by atoms with E-state index in [4.69, 9.17) is 5.11 Å². The minimum absolute atomic E-state index is 0.152. The Kier molecular flexibility index (Phi) is 7.38. The first-order valence-electron chi connectivity index (χ1n) is 8.34. The van der Waals surface area contributed by atoms with Gasteiger partial charge in [-0.1, -0.05) is 61.0 Å². The molecule has 1 amide bonds.